The minimum Gasteiger partial charge on any atom is -0.465 e. The molecule has 1 N–H and O–H groups in total. The lowest BCUT2D eigenvalue weighted by Crippen LogP contribution is -2.01. The van der Waals surface area contributed by atoms with Crippen LogP contribution >= 0.6 is 0 Å². The maximum absolute atomic E-state index is 11.4. The van der Waals surface area contributed by atoms with E-state index >= 15 is 0 Å². The lowest BCUT2D eigenvalue weighted by molar-refractivity contribution is 0.0600. The molecule has 0 amide bonds. The van der Waals surface area contributed by atoms with Crippen molar-refractivity contribution in [3.8, 4) is 0 Å². The topological polar surface area (TPSA) is 63.6 Å². The number of benzene rings is 2. The maximum atomic E-state index is 11.4. The summed E-state index contributed by atoms with van der Waals surface area (Å²) in [5, 5.41) is 5.41. The number of carbonyl (C=O) groups is 1. The second-order valence-electron chi connectivity index (χ2n) is 6.29. The molecular formula is C21H21N3O2. The summed E-state index contributed by atoms with van der Waals surface area (Å²) in [6.45, 7) is 6.23. The minimum absolute atomic E-state index is 0.354. The van der Waals surface area contributed by atoms with Crippen molar-refractivity contribution in [1.82, 2.24) is 4.98 Å². The molecule has 5 nitrogen and oxygen atoms in total. The number of anilines is 1. The molecule has 1 heterocycles. The van der Waals surface area contributed by atoms with Crippen LogP contribution in [-0.4, -0.2) is 24.3 Å². The zero-order chi connectivity index (χ0) is 18.7. The summed E-state index contributed by atoms with van der Waals surface area (Å²) in [6, 6.07) is 13.3. The summed E-state index contributed by atoms with van der Waals surface area (Å²) in [5.74, 6) is 0.345. The Morgan fingerprint density at radius 3 is 2.50 bits per heavy atom. The van der Waals surface area contributed by atoms with E-state index in [9.17, 15) is 4.79 Å². The fraction of sp³-hybridized carbons (Fsp3) is 0.190. The number of nitrogens with zero attached hydrogens (tertiary/aromatic N) is 2. The van der Waals surface area contributed by atoms with Gasteiger partial charge in [0.1, 0.15) is 5.82 Å². The Morgan fingerprint density at radius 2 is 1.81 bits per heavy atom. The van der Waals surface area contributed by atoms with Gasteiger partial charge in [0.2, 0.25) is 0 Å². The summed E-state index contributed by atoms with van der Waals surface area (Å²) in [6.07, 6.45) is 1.68. The number of esters is 1. The van der Waals surface area contributed by atoms with Crippen LogP contribution in [0.25, 0.3) is 10.9 Å². The third kappa shape index (κ3) is 3.72. The molecule has 0 saturated heterocycles. The highest BCUT2D eigenvalue weighted by Gasteiger charge is 2.06. The minimum atomic E-state index is -0.354. The molecule has 1 aromatic heterocycles. The Labute approximate surface area is 152 Å². The second-order valence-corrected chi connectivity index (χ2v) is 6.29. The highest BCUT2D eigenvalue weighted by atomic mass is 16.5. The quantitative estimate of drug-likeness (QED) is 0.432. The van der Waals surface area contributed by atoms with Crippen LogP contribution in [0.4, 0.5) is 5.82 Å². The number of carbonyl (C=O) groups excluding carboxylic acids is 1. The SMILES string of the molecule is COC(=O)c1ccc(C=NNc2cc(C)c3cc(C)cc(C)c3n2)cc1. The van der Waals surface area contributed by atoms with E-state index in [1.165, 1.54) is 12.7 Å². The maximum Gasteiger partial charge on any atom is 0.337 e. The number of nitrogens with one attached hydrogen (secondary N) is 1. The first-order valence-corrected chi connectivity index (χ1v) is 8.34. The molecule has 2 aromatic carbocycles. The van der Waals surface area contributed by atoms with Gasteiger partial charge in [-0.05, 0) is 61.7 Å². The van der Waals surface area contributed by atoms with Gasteiger partial charge in [0, 0.05) is 5.39 Å². The van der Waals surface area contributed by atoms with Gasteiger partial charge in [0.25, 0.3) is 0 Å². The number of hydrogen-bond acceptors (Lipinski definition) is 5. The van der Waals surface area contributed by atoms with Gasteiger partial charge in [-0.15, -0.1) is 0 Å². The predicted molar refractivity (Wildman–Crippen MR) is 105 cm³/mol. The number of ether oxygens (including phenoxy) is 1. The Hall–Kier alpha value is -3.21. The van der Waals surface area contributed by atoms with Crippen molar-refractivity contribution >= 4 is 28.9 Å². The Morgan fingerprint density at radius 1 is 1.08 bits per heavy atom. The summed E-state index contributed by atoms with van der Waals surface area (Å²) < 4.78 is 4.69. The molecule has 132 valence electrons. The molecule has 0 aliphatic carbocycles. The molecule has 0 aliphatic heterocycles. The van der Waals surface area contributed by atoms with Crippen LogP contribution in [0.2, 0.25) is 0 Å². The number of methoxy groups -OCH3 is 1. The van der Waals surface area contributed by atoms with Gasteiger partial charge in [-0.25, -0.2) is 9.78 Å². The van der Waals surface area contributed by atoms with Crippen molar-refractivity contribution in [2.45, 2.75) is 20.8 Å². The van der Waals surface area contributed by atoms with Gasteiger partial charge >= 0.3 is 5.97 Å². The first-order valence-electron chi connectivity index (χ1n) is 8.34. The third-order valence-electron chi connectivity index (χ3n) is 4.18. The van der Waals surface area contributed by atoms with E-state index in [-0.39, 0.29) is 5.97 Å². The lowest BCUT2D eigenvalue weighted by Gasteiger charge is -2.09. The zero-order valence-electron chi connectivity index (χ0n) is 15.3. The summed E-state index contributed by atoms with van der Waals surface area (Å²) in [4.78, 5) is 16.1. The van der Waals surface area contributed by atoms with E-state index in [1.807, 2.05) is 18.2 Å². The van der Waals surface area contributed by atoms with Crippen molar-refractivity contribution in [1.29, 1.82) is 0 Å². The summed E-state index contributed by atoms with van der Waals surface area (Å²) >= 11 is 0. The Balaban J connectivity index is 1.79. The number of pyridine rings is 1. The molecule has 0 radical (unpaired) electrons. The van der Waals surface area contributed by atoms with Gasteiger partial charge in [0.05, 0.1) is 24.4 Å². The van der Waals surface area contributed by atoms with Crippen LogP contribution in [0.1, 0.15) is 32.6 Å². The van der Waals surface area contributed by atoms with Gasteiger partial charge in [-0.1, -0.05) is 23.8 Å². The monoisotopic (exact) mass is 347 g/mol. The smallest absolute Gasteiger partial charge is 0.337 e. The summed E-state index contributed by atoms with van der Waals surface area (Å²) in [5.41, 5.74) is 8.88. The predicted octanol–water partition coefficient (Wildman–Crippen LogP) is 4.39. The van der Waals surface area contributed by atoms with E-state index in [1.54, 1.807) is 18.3 Å². The van der Waals surface area contributed by atoms with Crippen LogP contribution in [-0.2, 0) is 4.74 Å². The van der Waals surface area contributed by atoms with E-state index in [2.05, 4.69) is 53.2 Å². The van der Waals surface area contributed by atoms with E-state index in [0.717, 1.165) is 27.6 Å². The van der Waals surface area contributed by atoms with Crippen LogP contribution in [0, 0.1) is 20.8 Å². The number of aryl methyl sites for hydroxylation is 3. The van der Waals surface area contributed by atoms with Gasteiger partial charge in [0.15, 0.2) is 0 Å². The van der Waals surface area contributed by atoms with E-state index < -0.39 is 0 Å². The highest BCUT2D eigenvalue weighted by molar-refractivity contribution is 5.91. The molecule has 0 unspecified atom stereocenters. The lowest BCUT2D eigenvalue weighted by atomic mass is 10.0. The average molecular weight is 347 g/mol. The molecule has 0 bridgehead atoms. The van der Waals surface area contributed by atoms with Gasteiger partial charge in [-0.2, -0.15) is 5.10 Å². The van der Waals surface area contributed by atoms with E-state index in [0.29, 0.717) is 11.4 Å². The molecule has 5 heteroatoms. The molecule has 0 fully saturated rings. The van der Waals surface area contributed by atoms with Crippen molar-refractivity contribution in [3.05, 3.63) is 70.3 Å². The van der Waals surface area contributed by atoms with E-state index in [4.69, 9.17) is 0 Å². The standard InChI is InChI=1S/C21H21N3O2/c1-13-9-15(3)20-18(10-13)14(2)11-19(23-20)24-22-12-16-5-7-17(8-6-16)21(25)26-4/h5-12H,1-4H3,(H,23,24). The number of fused-ring (bicyclic) bond motifs is 1. The normalized spacial score (nSPS) is 11.1. The number of hydrogen-bond donors (Lipinski definition) is 1. The van der Waals surface area contributed by atoms with Crippen LogP contribution < -0.4 is 5.43 Å². The molecule has 26 heavy (non-hydrogen) atoms. The number of aromatic nitrogens is 1. The number of rotatable bonds is 4. The van der Waals surface area contributed by atoms with Crippen molar-refractivity contribution in [2.75, 3.05) is 12.5 Å². The Kier molecular flexibility index (Phi) is 4.98. The largest absolute Gasteiger partial charge is 0.465 e. The van der Waals surface area contributed by atoms with Crippen molar-refractivity contribution in [3.63, 3.8) is 0 Å². The molecular weight excluding hydrogens is 326 g/mol. The Bertz CT molecular complexity index is 992. The molecule has 3 rings (SSSR count). The fourth-order valence-corrected chi connectivity index (χ4v) is 2.90. The third-order valence-corrected chi connectivity index (χ3v) is 4.18. The molecule has 0 aliphatic rings. The zero-order valence-corrected chi connectivity index (χ0v) is 15.3. The molecule has 0 saturated carbocycles. The fourth-order valence-electron chi connectivity index (χ4n) is 2.90. The van der Waals surface area contributed by atoms with Gasteiger partial charge < -0.3 is 4.74 Å². The first kappa shape index (κ1) is 17.6. The van der Waals surface area contributed by atoms with Crippen molar-refractivity contribution < 1.29 is 9.53 Å². The molecule has 0 spiro atoms. The second kappa shape index (κ2) is 7.35. The van der Waals surface area contributed by atoms with Crippen LogP contribution in [0.3, 0.4) is 0 Å². The molecule has 3 aromatic rings. The number of hydrazone groups is 1. The average Bonchev–Trinajstić information content (AvgIpc) is 2.63. The van der Waals surface area contributed by atoms with Crippen LogP contribution in [0.15, 0.2) is 47.6 Å². The molecule has 0 atom stereocenters. The van der Waals surface area contributed by atoms with Crippen LogP contribution in [0.5, 0.6) is 0 Å². The van der Waals surface area contributed by atoms with Crippen molar-refractivity contribution in [2.24, 2.45) is 5.10 Å². The van der Waals surface area contributed by atoms with Gasteiger partial charge in [-0.3, -0.25) is 5.43 Å². The highest BCUT2D eigenvalue weighted by Crippen LogP contribution is 2.24. The first-order chi connectivity index (χ1) is 12.5. The summed E-state index contributed by atoms with van der Waals surface area (Å²) in [7, 11) is 1.36.